The van der Waals surface area contributed by atoms with Crippen LogP contribution in [0, 0.1) is 5.82 Å². The summed E-state index contributed by atoms with van der Waals surface area (Å²) in [7, 11) is 1.50. The van der Waals surface area contributed by atoms with Crippen LogP contribution in [0.1, 0.15) is 5.56 Å². The number of ether oxygens (including phenoxy) is 1. The lowest BCUT2D eigenvalue weighted by Gasteiger charge is -2.08. The molecule has 1 aromatic heterocycles. The van der Waals surface area contributed by atoms with Crippen LogP contribution in [-0.2, 0) is 11.2 Å². The second-order valence-electron chi connectivity index (χ2n) is 4.03. The Kier molecular flexibility index (Phi) is 4.68. The summed E-state index contributed by atoms with van der Waals surface area (Å²) in [5, 5.41) is 2.66. The number of methoxy groups -OCH3 is 1. The van der Waals surface area contributed by atoms with Gasteiger partial charge in [0, 0.05) is 6.20 Å². The predicted molar refractivity (Wildman–Crippen MR) is 77.2 cm³/mol. The number of rotatable bonds is 4. The van der Waals surface area contributed by atoms with Crippen molar-refractivity contribution in [3.05, 3.63) is 52.4 Å². The van der Waals surface area contributed by atoms with Crippen LogP contribution in [0.3, 0.4) is 0 Å². The van der Waals surface area contributed by atoms with E-state index in [1.54, 1.807) is 30.5 Å². The first-order valence-corrected chi connectivity index (χ1v) is 6.62. The van der Waals surface area contributed by atoms with E-state index >= 15 is 0 Å². The Bertz CT molecular complexity index is 634. The number of hydrogen-bond acceptors (Lipinski definition) is 3. The van der Waals surface area contributed by atoms with E-state index in [2.05, 4.69) is 26.2 Å². The molecule has 0 aliphatic rings. The zero-order chi connectivity index (χ0) is 14.5. The highest BCUT2D eigenvalue weighted by Gasteiger charge is 2.10. The average molecular weight is 339 g/mol. The summed E-state index contributed by atoms with van der Waals surface area (Å²) >= 11 is 3.09. The number of pyridine rings is 1. The molecule has 0 unspecified atom stereocenters. The Balaban J connectivity index is 2.07. The number of nitrogens with one attached hydrogen (secondary N) is 1. The van der Waals surface area contributed by atoms with E-state index in [4.69, 9.17) is 4.74 Å². The summed E-state index contributed by atoms with van der Waals surface area (Å²) < 4.78 is 18.5. The molecular weight excluding hydrogens is 327 g/mol. The van der Waals surface area contributed by atoms with Gasteiger partial charge in [0.05, 0.1) is 18.0 Å². The molecule has 0 aliphatic carbocycles. The van der Waals surface area contributed by atoms with Crippen molar-refractivity contribution in [3.63, 3.8) is 0 Å². The summed E-state index contributed by atoms with van der Waals surface area (Å²) in [5.41, 5.74) is 0.700. The molecule has 2 aromatic rings. The van der Waals surface area contributed by atoms with Gasteiger partial charge in [-0.3, -0.25) is 4.79 Å². The molecule has 0 fully saturated rings. The lowest BCUT2D eigenvalue weighted by molar-refractivity contribution is -0.115. The first kappa shape index (κ1) is 14.5. The molecular formula is C14H12BrFN2O2. The van der Waals surface area contributed by atoms with Gasteiger partial charge < -0.3 is 10.1 Å². The molecule has 0 bridgehead atoms. The third kappa shape index (κ3) is 3.54. The maximum absolute atomic E-state index is 13.1. The number of halogens is 2. The van der Waals surface area contributed by atoms with Gasteiger partial charge >= 0.3 is 0 Å². The molecule has 0 radical (unpaired) electrons. The highest BCUT2D eigenvalue weighted by Crippen LogP contribution is 2.21. The molecule has 104 valence electrons. The number of amides is 1. The molecule has 0 spiro atoms. The number of benzene rings is 1. The van der Waals surface area contributed by atoms with E-state index in [0.717, 1.165) is 0 Å². The predicted octanol–water partition coefficient (Wildman–Crippen LogP) is 3.17. The molecule has 0 aliphatic heterocycles. The van der Waals surface area contributed by atoms with Crippen LogP contribution in [0.15, 0.2) is 41.0 Å². The highest BCUT2D eigenvalue weighted by molar-refractivity contribution is 9.10. The van der Waals surface area contributed by atoms with Gasteiger partial charge in [0.1, 0.15) is 5.82 Å². The van der Waals surface area contributed by atoms with E-state index in [9.17, 15) is 9.18 Å². The van der Waals surface area contributed by atoms with Gasteiger partial charge in [-0.25, -0.2) is 9.37 Å². The SMILES string of the molecule is COc1cccnc1NC(=O)Cc1ccc(F)c(Br)c1. The van der Waals surface area contributed by atoms with Crippen LogP contribution >= 0.6 is 15.9 Å². The Labute approximate surface area is 124 Å². The molecule has 0 atom stereocenters. The molecule has 0 saturated carbocycles. The van der Waals surface area contributed by atoms with Gasteiger partial charge in [0.15, 0.2) is 11.6 Å². The second-order valence-corrected chi connectivity index (χ2v) is 4.88. The lowest BCUT2D eigenvalue weighted by atomic mass is 10.1. The fraction of sp³-hybridized carbons (Fsp3) is 0.143. The third-order valence-electron chi connectivity index (χ3n) is 2.60. The summed E-state index contributed by atoms with van der Waals surface area (Å²) in [5.74, 6) is 0.239. The van der Waals surface area contributed by atoms with Crippen LogP contribution in [0.2, 0.25) is 0 Å². The van der Waals surface area contributed by atoms with E-state index in [0.29, 0.717) is 21.6 Å². The minimum absolute atomic E-state index is 0.124. The largest absolute Gasteiger partial charge is 0.493 e. The number of aromatic nitrogens is 1. The van der Waals surface area contributed by atoms with Gasteiger partial charge in [0.2, 0.25) is 5.91 Å². The van der Waals surface area contributed by atoms with Crippen molar-refractivity contribution in [1.82, 2.24) is 4.98 Å². The number of carbonyl (C=O) groups is 1. The monoisotopic (exact) mass is 338 g/mol. The van der Waals surface area contributed by atoms with Crippen LogP contribution in [-0.4, -0.2) is 18.0 Å². The number of anilines is 1. The smallest absolute Gasteiger partial charge is 0.230 e. The summed E-state index contributed by atoms with van der Waals surface area (Å²) in [4.78, 5) is 16.0. The molecule has 1 heterocycles. The Morgan fingerprint density at radius 1 is 1.45 bits per heavy atom. The van der Waals surface area contributed by atoms with Crippen molar-refractivity contribution in [1.29, 1.82) is 0 Å². The van der Waals surface area contributed by atoms with Crippen LogP contribution < -0.4 is 10.1 Å². The number of nitrogens with zero attached hydrogens (tertiary/aromatic N) is 1. The maximum Gasteiger partial charge on any atom is 0.230 e. The number of hydrogen-bond donors (Lipinski definition) is 1. The fourth-order valence-corrected chi connectivity index (χ4v) is 2.09. The van der Waals surface area contributed by atoms with E-state index in [1.807, 2.05) is 0 Å². The normalized spacial score (nSPS) is 10.2. The summed E-state index contributed by atoms with van der Waals surface area (Å²) in [6.45, 7) is 0. The zero-order valence-corrected chi connectivity index (χ0v) is 12.3. The van der Waals surface area contributed by atoms with Gasteiger partial charge in [-0.15, -0.1) is 0 Å². The maximum atomic E-state index is 13.1. The summed E-state index contributed by atoms with van der Waals surface area (Å²) in [6.07, 6.45) is 1.69. The topological polar surface area (TPSA) is 51.2 Å². The average Bonchev–Trinajstić information content (AvgIpc) is 2.43. The minimum atomic E-state index is -0.361. The Morgan fingerprint density at radius 3 is 2.95 bits per heavy atom. The molecule has 2 rings (SSSR count). The first-order chi connectivity index (χ1) is 9.60. The highest BCUT2D eigenvalue weighted by atomic mass is 79.9. The van der Waals surface area contributed by atoms with Crippen molar-refractivity contribution < 1.29 is 13.9 Å². The van der Waals surface area contributed by atoms with Gasteiger partial charge in [0.25, 0.3) is 0 Å². The van der Waals surface area contributed by atoms with E-state index < -0.39 is 0 Å². The Hall–Kier alpha value is -1.95. The van der Waals surface area contributed by atoms with Crippen molar-refractivity contribution in [2.24, 2.45) is 0 Å². The van der Waals surface area contributed by atoms with Crippen LogP contribution in [0.25, 0.3) is 0 Å². The fourth-order valence-electron chi connectivity index (χ4n) is 1.66. The van der Waals surface area contributed by atoms with Gasteiger partial charge in [-0.05, 0) is 45.8 Å². The lowest BCUT2D eigenvalue weighted by Crippen LogP contribution is -2.16. The van der Waals surface area contributed by atoms with Crippen LogP contribution in [0.5, 0.6) is 5.75 Å². The zero-order valence-electron chi connectivity index (χ0n) is 10.7. The van der Waals surface area contributed by atoms with Gasteiger partial charge in [-0.1, -0.05) is 6.07 Å². The first-order valence-electron chi connectivity index (χ1n) is 5.83. The van der Waals surface area contributed by atoms with Crippen molar-refractivity contribution in [3.8, 4) is 5.75 Å². The molecule has 20 heavy (non-hydrogen) atoms. The van der Waals surface area contributed by atoms with Crippen molar-refractivity contribution in [2.45, 2.75) is 6.42 Å². The molecule has 1 aromatic carbocycles. The quantitative estimate of drug-likeness (QED) is 0.931. The summed E-state index contributed by atoms with van der Waals surface area (Å²) in [6, 6.07) is 7.87. The minimum Gasteiger partial charge on any atom is -0.493 e. The molecule has 1 N–H and O–H groups in total. The van der Waals surface area contributed by atoms with Crippen LogP contribution in [0.4, 0.5) is 10.2 Å². The Morgan fingerprint density at radius 2 is 2.25 bits per heavy atom. The van der Waals surface area contributed by atoms with E-state index in [-0.39, 0.29) is 18.1 Å². The molecule has 4 nitrogen and oxygen atoms in total. The number of carbonyl (C=O) groups excluding carboxylic acids is 1. The molecule has 1 amide bonds. The molecule has 0 saturated heterocycles. The van der Waals surface area contributed by atoms with E-state index in [1.165, 1.54) is 13.2 Å². The van der Waals surface area contributed by atoms with Gasteiger partial charge in [-0.2, -0.15) is 0 Å². The second kappa shape index (κ2) is 6.47. The molecule has 6 heteroatoms. The van der Waals surface area contributed by atoms with Crippen molar-refractivity contribution >= 4 is 27.7 Å². The standard InChI is InChI=1S/C14H12BrFN2O2/c1-20-12-3-2-6-17-14(12)18-13(19)8-9-4-5-11(16)10(15)7-9/h2-7H,8H2,1H3,(H,17,18,19). The van der Waals surface area contributed by atoms with Crippen molar-refractivity contribution in [2.75, 3.05) is 12.4 Å². The third-order valence-corrected chi connectivity index (χ3v) is 3.20.